The van der Waals surface area contributed by atoms with Crippen molar-refractivity contribution in [2.45, 2.75) is 0 Å². The minimum absolute atomic E-state index is 0.180. The van der Waals surface area contributed by atoms with Gasteiger partial charge in [-0.3, -0.25) is 0 Å². The fraction of sp³-hybridized carbons (Fsp3) is 0.118. The van der Waals surface area contributed by atoms with Crippen molar-refractivity contribution in [1.82, 2.24) is 10.1 Å². The smallest absolute Gasteiger partial charge is 0.407 e. The van der Waals surface area contributed by atoms with E-state index in [-0.39, 0.29) is 17.5 Å². The quantitative estimate of drug-likeness (QED) is 0.689. The van der Waals surface area contributed by atoms with Crippen LogP contribution >= 0.6 is 0 Å². The Hall–Kier alpha value is -3.62. The molecule has 3 rings (SSSR count). The van der Waals surface area contributed by atoms with Crippen molar-refractivity contribution < 1.29 is 18.4 Å². The first-order valence-electron chi connectivity index (χ1n) is 7.53. The van der Waals surface area contributed by atoms with Crippen molar-refractivity contribution in [3.63, 3.8) is 0 Å². The minimum atomic E-state index is -1.10. The molecule has 0 saturated carbocycles. The van der Waals surface area contributed by atoms with Gasteiger partial charge in [0.25, 0.3) is 5.89 Å². The number of nitrogens with two attached hydrogens (primary N) is 2. The molecule has 0 unspecified atom stereocenters. The first kappa shape index (κ1) is 17.2. The average molecular weight is 357 g/mol. The maximum absolute atomic E-state index is 14.0. The van der Waals surface area contributed by atoms with E-state index >= 15 is 0 Å². The van der Waals surface area contributed by atoms with Crippen molar-refractivity contribution in [2.24, 2.45) is 5.73 Å². The molecule has 0 spiro atoms. The molecular weight excluding hydrogens is 341 g/mol. The first-order chi connectivity index (χ1) is 12.3. The zero-order valence-corrected chi connectivity index (χ0v) is 14.1. The number of halogens is 1. The van der Waals surface area contributed by atoms with E-state index in [0.717, 1.165) is 11.8 Å². The lowest BCUT2D eigenvalue weighted by Gasteiger charge is -2.15. The summed E-state index contributed by atoms with van der Waals surface area (Å²) in [7, 11) is 3.77. The second-order valence-electron chi connectivity index (χ2n) is 5.66. The van der Waals surface area contributed by atoms with Gasteiger partial charge in [-0.15, -0.1) is 0 Å². The summed E-state index contributed by atoms with van der Waals surface area (Å²) in [6, 6.07) is 9.22. The highest BCUT2D eigenvalue weighted by Crippen LogP contribution is 2.30. The number of primary amides is 1. The SMILES string of the molecule is CN(C)c1ccc(-c2nc(-c3ccc(OC(N)=O)c(F)c3)no2)cc1N. The van der Waals surface area contributed by atoms with Crippen LogP contribution in [0.5, 0.6) is 5.75 Å². The number of aromatic nitrogens is 2. The number of carbonyl (C=O) groups is 1. The van der Waals surface area contributed by atoms with Gasteiger partial charge in [0, 0.05) is 25.2 Å². The number of nitrogen functional groups attached to an aromatic ring is 1. The van der Waals surface area contributed by atoms with Gasteiger partial charge in [-0.25, -0.2) is 9.18 Å². The van der Waals surface area contributed by atoms with E-state index in [0.29, 0.717) is 16.8 Å². The summed E-state index contributed by atoms with van der Waals surface area (Å²) >= 11 is 0. The fourth-order valence-electron chi connectivity index (χ4n) is 2.38. The minimum Gasteiger partial charge on any atom is -0.407 e. The van der Waals surface area contributed by atoms with Crippen molar-refractivity contribution in [3.05, 3.63) is 42.2 Å². The number of benzene rings is 2. The summed E-state index contributed by atoms with van der Waals surface area (Å²) < 4.78 is 23.7. The van der Waals surface area contributed by atoms with Gasteiger partial charge in [-0.1, -0.05) is 5.16 Å². The summed E-state index contributed by atoms with van der Waals surface area (Å²) in [5, 5.41) is 3.85. The summed E-state index contributed by atoms with van der Waals surface area (Å²) in [4.78, 5) is 16.8. The predicted molar refractivity (Wildman–Crippen MR) is 94.1 cm³/mol. The van der Waals surface area contributed by atoms with Gasteiger partial charge in [0.15, 0.2) is 11.6 Å². The molecule has 134 valence electrons. The molecule has 0 fully saturated rings. The van der Waals surface area contributed by atoms with E-state index in [1.807, 2.05) is 25.1 Å². The van der Waals surface area contributed by atoms with Gasteiger partial charge in [-0.2, -0.15) is 4.98 Å². The Morgan fingerprint density at radius 2 is 1.92 bits per heavy atom. The number of hydrogen-bond donors (Lipinski definition) is 2. The van der Waals surface area contributed by atoms with Crippen LogP contribution in [0, 0.1) is 5.82 Å². The molecule has 3 aromatic rings. The number of rotatable bonds is 4. The molecule has 9 heteroatoms. The maximum atomic E-state index is 14.0. The molecule has 0 aliphatic rings. The Labute approximate surface area is 148 Å². The van der Waals surface area contributed by atoms with Crippen LogP contribution in [0.15, 0.2) is 40.9 Å². The van der Waals surface area contributed by atoms with Gasteiger partial charge >= 0.3 is 6.09 Å². The van der Waals surface area contributed by atoms with Gasteiger partial charge in [0.1, 0.15) is 0 Å². The normalized spacial score (nSPS) is 10.6. The van der Waals surface area contributed by atoms with E-state index in [9.17, 15) is 9.18 Å². The Kier molecular flexibility index (Phi) is 4.44. The summed E-state index contributed by atoms with van der Waals surface area (Å²) in [6.45, 7) is 0. The van der Waals surface area contributed by atoms with Crippen LogP contribution in [0.2, 0.25) is 0 Å². The summed E-state index contributed by atoms with van der Waals surface area (Å²) in [5.41, 5.74) is 13.3. The number of anilines is 2. The third kappa shape index (κ3) is 3.41. The van der Waals surface area contributed by atoms with Gasteiger partial charge < -0.3 is 25.6 Å². The van der Waals surface area contributed by atoms with E-state index in [1.165, 1.54) is 12.1 Å². The zero-order valence-electron chi connectivity index (χ0n) is 14.1. The highest BCUT2D eigenvalue weighted by molar-refractivity contribution is 5.74. The third-order valence-electron chi connectivity index (χ3n) is 3.58. The standard InChI is InChI=1S/C17H16FN5O3/c1-23(2)13-5-3-10(8-12(13)19)16-21-15(22-26-16)9-4-6-14(11(18)7-9)25-17(20)24/h3-8H,19H2,1-2H3,(H2,20,24). The Morgan fingerprint density at radius 3 is 2.54 bits per heavy atom. The lowest BCUT2D eigenvalue weighted by Crippen LogP contribution is -2.16. The molecule has 0 atom stereocenters. The van der Waals surface area contributed by atoms with Crippen LogP contribution in [0.1, 0.15) is 0 Å². The molecule has 8 nitrogen and oxygen atoms in total. The number of amides is 1. The molecule has 1 aromatic heterocycles. The van der Waals surface area contributed by atoms with Gasteiger partial charge in [0.05, 0.1) is 11.4 Å². The molecule has 4 N–H and O–H groups in total. The van der Waals surface area contributed by atoms with Crippen molar-refractivity contribution in [1.29, 1.82) is 0 Å². The number of carbonyl (C=O) groups excluding carboxylic acids is 1. The molecule has 26 heavy (non-hydrogen) atoms. The molecule has 0 aliphatic heterocycles. The van der Waals surface area contributed by atoms with Crippen LogP contribution in [-0.2, 0) is 0 Å². The summed E-state index contributed by atoms with van der Waals surface area (Å²) in [5.74, 6) is -0.626. The molecule has 0 radical (unpaired) electrons. The summed E-state index contributed by atoms with van der Waals surface area (Å²) in [6.07, 6.45) is -1.10. The topological polar surface area (TPSA) is 120 Å². The van der Waals surface area contributed by atoms with Crippen molar-refractivity contribution in [3.8, 4) is 28.6 Å². The Balaban J connectivity index is 1.89. The lowest BCUT2D eigenvalue weighted by molar-refractivity contribution is 0.208. The fourth-order valence-corrected chi connectivity index (χ4v) is 2.38. The van der Waals surface area contributed by atoms with E-state index < -0.39 is 11.9 Å². The van der Waals surface area contributed by atoms with Crippen LogP contribution in [0.3, 0.4) is 0 Å². The van der Waals surface area contributed by atoms with Crippen molar-refractivity contribution in [2.75, 3.05) is 24.7 Å². The van der Waals surface area contributed by atoms with Crippen molar-refractivity contribution >= 4 is 17.5 Å². The molecule has 1 amide bonds. The number of hydrogen-bond acceptors (Lipinski definition) is 7. The first-order valence-corrected chi connectivity index (χ1v) is 7.53. The monoisotopic (exact) mass is 357 g/mol. The number of nitrogens with zero attached hydrogens (tertiary/aromatic N) is 3. The number of ether oxygens (including phenoxy) is 1. The largest absolute Gasteiger partial charge is 0.410 e. The third-order valence-corrected chi connectivity index (χ3v) is 3.58. The van der Waals surface area contributed by atoms with Gasteiger partial charge in [-0.05, 0) is 36.4 Å². The van der Waals surface area contributed by atoms with E-state index in [1.54, 1.807) is 12.1 Å². The zero-order chi connectivity index (χ0) is 18.8. The Bertz CT molecular complexity index is 971. The van der Waals surface area contributed by atoms with Gasteiger partial charge in [0.2, 0.25) is 5.82 Å². The van der Waals surface area contributed by atoms with Crippen LogP contribution in [0.4, 0.5) is 20.6 Å². The highest BCUT2D eigenvalue weighted by atomic mass is 19.1. The molecule has 0 bridgehead atoms. The van der Waals surface area contributed by atoms with Crippen LogP contribution in [-0.4, -0.2) is 30.3 Å². The molecule has 0 saturated heterocycles. The molecular formula is C17H16FN5O3. The highest BCUT2D eigenvalue weighted by Gasteiger charge is 2.15. The van der Waals surface area contributed by atoms with E-state index in [4.69, 9.17) is 16.0 Å². The average Bonchev–Trinajstić information content (AvgIpc) is 3.06. The molecule has 2 aromatic carbocycles. The lowest BCUT2D eigenvalue weighted by atomic mass is 10.1. The van der Waals surface area contributed by atoms with E-state index in [2.05, 4.69) is 14.9 Å². The maximum Gasteiger partial charge on any atom is 0.410 e. The second kappa shape index (κ2) is 6.71. The van der Waals surface area contributed by atoms with Crippen LogP contribution in [0.25, 0.3) is 22.8 Å². The Morgan fingerprint density at radius 1 is 1.19 bits per heavy atom. The molecule has 0 aliphatic carbocycles. The van der Waals surface area contributed by atoms with Crippen LogP contribution < -0.4 is 21.1 Å². The molecule has 1 heterocycles. The second-order valence-corrected chi connectivity index (χ2v) is 5.66. The predicted octanol–water partition coefficient (Wildman–Crippen LogP) is 2.65.